The molecular weight excluding hydrogens is 268 g/mol. The van der Waals surface area contributed by atoms with Gasteiger partial charge in [0, 0.05) is 43.4 Å². The number of nitrogen functional groups attached to an aromatic ring is 1. The van der Waals surface area contributed by atoms with E-state index in [4.69, 9.17) is 5.73 Å². The fraction of sp³-hybridized carbons (Fsp3) is 0.267. The number of aromatic nitrogens is 2. The van der Waals surface area contributed by atoms with Gasteiger partial charge in [0.2, 0.25) is 5.91 Å². The summed E-state index contributed by atoms with van der Waals surface area (Å²) in [5, 5.41) is 0. The minimum Gasteiger partial charge on any atom is -0.398 e. The van der Waals surface area contributed by atoms with Crippen molar-refractivity contribution < 1.29 is 4.79 Å². The summed E-state index contributed by atoms with van der Waals surface area (Å²) < 4.78 is 1.33. The topological polar surface area (TPSA) is 81.2 Å². The highest BCUT2D eigenvalue weighted by atomic mass is 16.2. The first kappa shape index (κ1) is 14.8. The highest BCUT2D eigenvalue weighted by Gasteiger charge is 2.13. The summed E-state index contributed by atoms with van der Waals surface area (Å²) >= 11 is 0. The van der Waals surface area contributed by atoms with Crippen LogP contribution in [0.3, 0.4) is 0 Å². The van der Waals surface area contributed by atoms with Crippen molar-refractivity contribution in [2.45, 2.75) is 20.0 Å². The van der Waals surface area contributed by atoms with E-state index in [-0.39, 0.29) is 18.0 Å². The standard InChI is InChI=1S/C15H18N4O2/c1-2-18(9-12-5-7-17-8-6-12)15(21)11-19-10-13(16)3-4-14(19)20/h3-8,10H,2,9,11,16H2,1H3. The zero-order valence-corrected chi connectivity index (χ0v) is 11.9. The monoisotopic (exact) mass is 286 g/mol. The van der Waals surface area contributed by atoms with Crippen LogP contribution in [0.4, 0.5) is 5.69 Å². The van der Waals surface area contributed by atoms with Crippen LogP contribution in [0, 0.1) is 0 Å². The van der Waals surface area contributed by atoms with Crippen molar-refractivity contribution >= 4 is 11.6 Å². The van der Waals surface area contributed by atoms with Gasteiger partial charge in [-0.15, -0.1) is 0 Å². The second-order valence-electron chi connectivity index (χ2n) is 4.69. The SMILES string of the molecule is CCN(Cc1ccncc1)C(=O)Cn1cc(N)ccc1=O. The van der Waals surface area contributed by atoms with Gasteiger partial charge in [0.25, 0.3) is 5.56 Å². The normalized spacial score (nSPS) is 10.3. The summed E-state index contributed by atoms with van der Waals surface area (Å²) in [5.74, 6) is -0.123. The van der Waals surface area contributed by atoms with Crippen LogP contribution in [0.5, 0.6) is 0 Å². The third-order valence-corrected chi connectivity index (χ3v) is 3.17. The lowest BCUT2D eigenvalue weighted by Crippen LogP contribution is -2.35. The van der Waals surface area contributed by atoms with Crippen LogP contribution in [0.15, 0.2) is 47.7 Å². The van der Waals surface area contributed by atoms with Crippen LogP contribution < -0.4 is 11.3 Å². The quantitative estimate of drug-likeness (QED) is 0.884. The maximum absolute atomic E-state index is 12.3. The van der Waals surface area contributed by atoms with Crippen LogP contribution in [-0.2, 0) is 17.9 Å². The van der Waals surface area contributed by atoms with E-state index in [0.29, 0.717) is 18.8 Å². The van der Waals surface area contributed by atoms with Crippen molar-refractivity contribution in [1.29, 1.82) is 0 Å². The fourth-order valence-electron chi connectivity index (χ4n) is 2.00. The minimum absolute atomic E-state index is 0.0111. The molecule has 0 saturated heterocycles. The third kappa shape index (κ3) is 3.92. The Hall–Kier alpha value is -2.63. The van der Waals surface area contributed by atoms with Crippen molar-refractivity contribution in [3.8, 4) is 0 Å². The van der Waals surface area contributed by atoms with E-state index < -0.39 is 0 Å². The fourth-order valence-corrected chi connectivity index (χ4v) is 2.00. The first-order chi connectivity index (χ1) is 10.1. The van der Waals surface area contributed by atoms with Gasteiger partial charge in [-0.3, -0.25) is 14.6 Å². The van der Waals surface area contributed by atoms with Crippen LogP contribution in [0.1, 0.15) is 12.5 Å². The Kier molecular flexibility index (Phi) is 4.71. The van der Waals surface area contributed by atoms with E-state index in [9.17, 15) is 9.59 Å². The van der Waals surface area contributed by atoms with E-state index in [1.54, 1.807) is 17.3 Å². The lowest BCUT2D eigenvalue weighted by atomic mass is 10.2. The number of pyridine rings is 2. The largest absolute Gasteiger partial charge is 0.398 e. The summed E-state index contributed by atoms with van der Waals surface area (Å²) in [6.45, 7) is 2.96. The summed E-state index contributed by atoms with van der Waals surface area (Å²) in [7, 11) is 0. The molecule has 0 radical (unpaired) electrons. The summed E-state index contributed by atoms with van der Waals surface area (Å²) in [6, 6.07) is 6.62. The average molecular weight is 286 g/mol. The lowest BCUT2D eigenvalue weighted by Gasteiger charge is -2.21. The number of likely N-dealkylation sites (N-methyl/N-ethyl adjacent to an activating group) is 1. The Bertz CT molecular complexity index is 667. The molecule has 0 aliphatic carbocycles. The molecular formula is C15H18N4O2. The number of nitrogens with two attached hydrogens (primary N) is 1. The molecule has 110 valence electrons. The number of hydrogen-bond donors (Lipinski definition) is 1. The number of carbonyl (C=O) groups excluding carboxylic acids is 1. The molecule has 2 rings (SSSR count). The number of nitrogens with zero attached hydrogens (tertiary/aromatic N) is 3. The van der Waals surface area contributed by atoms with Gasteiger partial charge in [-0.05, 0) is 30.7 Å². The molecule has 1 amide bonds. The van der Waals surface area contributed by atoms with Crippen LogP contribution >= 0.6 is 0 Å². The predicted octanol–water partition coefficient (Wildman–Crippen LogP) is 0.874. The molecule has 6 heteroatoms. The van der Waals surface area contributed by atoms with Crippen molar-refractivity contribution in [3.63, 3.8) is 0 Å². The average Bonchev–Trinajstić information content (AvgIpc) is 2.49. The molecule has 2 aromatic heterocycles. The Morgan fingerprint density at radius 3 is 2.67 bits per heavy atom. The van der Waals surface area contributed by atoms with Gasteiger partial charge in [0.1, 0.15) is 6.54 Å². The molecule has 0 atom stereocenters. The molecule has 0 fully saturated rings. The third-order valence-electron chi connectivity index (χ3n) is 3.17. The molecule has 2 aromatic rings. The highest BCUT2D eigenvalue weighted by Crippen LogP contribution is 2.05. The second-order valence-corrected chi connectivity index (χ2v) is 4.69. The number of anilines is 1. The van der Waals surface area contributed by atoms with Crippen molar-refractivity contribution in [2.75, 3.05) is 12.3 Å². The molecule has 2 N–H and O–H groups in total. The van der Waals surface area contributed by atoms with Gasteiger partial charge < -0.3 is 15.2 Å². The van der Waals surface area contributed by atoms with E-state index in [0.717, 1.165) is 5.56 Å². The molecule has 21 heavy (non-hydrogen) atoms. The molecule has 0 aliphatic rings. The van der Waals surface area contributed by atoms with Crippen molar-refractivity contribution in [3.05, 3.63) is 58.8 Å². The first-order valence-corrected chi connectivity index (χ1v) is 6.73. The first-order valence-electron chi connectivity index (χ1n) is 6.73. The molecule has 0 unspecified atom stereocenters. The molecule has 2 heterocycles. The maximum Gasteiger partial charge on any atom is 0.251 e. The number of carbonyl (C=O) groups is 1. The maximum atomic E-state index is 12.3. The Morgan fingerprint density at radius 1 is 1.29 bits per heavy atom. The summed E-state index contributed by atoms with van der Waals surface area (Å²) in [4.78, 5) is 29.7. The van der Waals surface area contributed by atoms with E-state index in [1.807, 2.05) is 19.1 Å². The summed E-state index contributed by atoms with van der Waals surface area (Å²) in [6.07, 6.45) is 4.87. The zero-order valence-electron chi connectivity index (χ0n) is 11.9. The molecule has 0 spiro atoms. The van der Waals surface area contributed by atoms with Gasteiger partial charge in [0.15, 0.2) is 0 Å². The minimum atomic E-state index is -0.238. The molecule has 0 aliphatic heterocycles. The van der Waals surface area contributed by atoms with E-state index in [2.05, 4.69) is 4.98 Å². The van der Waals surface area contributed by atoms with Crippen LogP contribution in [-0.4, -0.2) is 26.9 Å². The Balaban J connectivity index is 2.10. The lowest BCUT2D eigenvalue weighted by molar-refractivity contribution is -0.132. The summed E-state index contributed by atoms with van der Waals surface area (Å²) in [5.41, 5.74) is 6.86. The van der Waals surface area contributed by atoms with Crippen molar-refractivity contribution in [1.82, 2.24) is 14.5 Å². The Morgan fingerprint density at radius 2 is 2.00 bits per heavy atom. The molecule has 0 saturated carbocycles. The van der Waals surface area contributed by atoms with Gasteiger partial charge in [-0.2, -0.15) is 0 Å². The molecule has 0 bridgehead atoms. The number of amides is 1. The van der Waals surface area contributed by atoms with Crippen LogP contribution in [0.25, 0.3) is 0 Å². The van der Waals surface area contributed by atoms with E-state index >= 15 is 0 Å². The predicted molar refractivity (Wildman–Crippen MR) is 80.4 cm³/mol. The Labute approximate surface area is 122 Å². The van der Waals surface area contributed by atoms with Crippen molar-refractivity contribution in [2.24, 2.45) is 0 Å². The van der Waals surface area contributed by atoms with Gasteiger partial charge in [0.05, 0.1) is 0 Å². The number of rotatable bonds is 5. The van der Waals surface area contributed by atoms with E-state index in [1.165, 1.54) is 22.9 Å². The number of hydrogen-bond acceptors (Lipinski definition) is 4. The zero-order chi connectivity index (χ0) is 15.2. The van der Waals surface area contributed by atoms with Gasteiger partial charge in [-0.1, -0.05) is 0 Å². The molecule has 6 nitrogen and oxygen atoms in total. The highest BCUT2D eigenvalue weighted by molar-refractivity contribution is 5.76. The second kappa shape index (κ2) is 6.69. The van der Waals surface area contributed by atoms with Crippen LogP contribution in [0.2, 0.25) is 0 Å². The van der Waals surface area contributed by atoms with Gasteiger partial charge >= 0.3 is 0 Å². The smallest absolute Gasteiger partial charge is 0.251 e. The molecule has 0 aromatic carbocycles. The van der Waals surface area contributed by atoms with Gasteiger partial charge in [-0.25, -0.2) is 0 Å².